The molecule has 2 aromatic rings. The predicted octanol–water partition coefficient (Wildman–Crippen LogP) is 3.52. The summed E-state index contributed by atoms with van der Waals surface area (Å²) in [5.74, 6) is -2.49. The molecule has 0 bridgehead atoms. The van der Waals surface area contributed by atoms with Crippen LogP contribution in [-0.4, -0.2) is 55.9 Å². The number of carbonyl (C=O) groups excluding carboxylic acids is 1. The lowest BCUT2D eigenvalue weighted by atomic mass is 9.69. The molecule has 1 aliphatic carbocycles. The number of anilines is 2. The third-order valence-corrected chi connectivity index (χ3v) is 9.44. The molecule has 2 fully saturated rings. The van der Waals surface area contributed by atoms with Crippen LogP contribution in [0.2, 0.25) is 0 Å². The molecule has 1 heterocycles. The Morgan fingerprint density at radius 3 is 2.06 bits per heavy atom. The number of amides is 1. The number of carbonyl (C=O) groups is 2. The Hall–Kier alpha value is -2.91. The summed E-state index contributed by atoms with van der Waals surface area (Å²) in [5, 5.41) is 12.5. The second-order valence-electron chi connectivity index (χ2n) is 9.69. The van der Waals surface area contributed by atoms with Crippen molar-refractivity contribution in [3.8, 4) is 0 Å². The van der Waals surface area contributed by atoms with E-state index in [1.54, 1.807) is 18.2 Å². The van der Waals surface area contributed by atoms with E-state index in [9.17, 15) is 23.1 Å². The lowest BCUT2D eigenvalue weighted by molar-refractivity contribution is -0.149. The van der Waals surface area contributed by atoms with Crippen molar-refractivity contribution in [3.63, 3.8) is 0 Å². The number of sulfonamides is 1. The molecule has 0 radical (unpaired) electrons. The van der Waals surface area contributed by atoms with E-state index in [1.165, 1.54) is 10.4 Å². The van der Waals surface area contributed by atoms with Crippen molar-refractivity contribution >= 4 is 33.3 Å². The maximum absolute atomic E-state index is 13.5. The minimum absolute atomic E-state index is 0.0330. The summed E-state index contributed by atoms with van der Waals surface area (Å²) in [6, 6.07) is 16.2. The summed E-state index contributed by atoms with van der Waals surface area (Å²) < 4.78 is 28.5. The van der Waals surface area contributed by atoms with Gasteiger partial charge in [0.15, 0.2) is 0 Å². The van der Waals surface area contributed by atoms with Gasteiger partial charge in [-0.3, -0.25) is 9.59 Å². The van der Waals surface area contributed by atoms with Gasteiger partial charge in [-0.25, -0.2) is 8.42 Å². The van der Waals surface area contributed by atoms with Crippen LogP contribution in [0.5, 0.6) is 0 Å². The number of carboxylic acids is 1. The first kappa shape index (κ1) is 25.2. The standard InChI is InChI=1S/C26H33N3O5S/c1-18-16-21(22(26(31)32)17-19(18)2)25(30)27-23-10-6-7-11-24(23)35(33,34)29-14-12-28(13-15-29)20-8-4-3-5-9-20/h3-11,18-19,21-22H,12-17H2,1-2H3,(H,27,30)(H,31,32). The fourth-order valence-electron chi connectivity index (χ4n) is 5.14. The van der Waals surface area contributed by atoms with Crippen LogP contribution in [0, 0.1) is 23.7 Å². The topological polar surface area (TPSA) is 107 Å². The molecule has 1 saturated carbocycles. The highest BCUT2D eigenvalue weighted by Crippen LogP contribution is 2.39. The Kier molecular flexibility index (Phi) is 7.47. The largest absolute Gasteiger partial charge is 0.481 e. The van der Waals surface area contributed by atoms with Gasteiger partial charge in [-0.15, -0.1) is 0 Å². The molecule has 1 saturated heterocycles. The van der Waals surface area contributed by atoms with Crippen molar-refractivity contribution in [2.24, 2.45) is 23.7 Å². The van der Waals surface area contributed by atoms with Gasteiger partial charge in [0.25, 0.3) is 0 Å². The summed E-state index contributed by atoms with van der Waals surface area (Å²) in [7, 11) is -3.85. The van der Waals surface area contributed by atoms with E-state index in [-0.39, 0.29) is 22.4 Å². The van der Waals surface area contributed by atoms with Crippen molar-refractivity contribution in [3.05, 3.63) is 54.6 Å². The van der Waals surface area contributed by atoms with Gasteiger partial charge in [0.2, 0.25) is 15.9 Å². The minimum Gasteiger partial charge on any atom is -0.481 e. The number of carboxylic acid groups (broad SMARTS) is 1. The van der Waals surface area contributed by atoms with E-state index in [0.29, 0.717) is 39.0 Å². The highest BCUT2D eigenvalue weighted by Gasteiger charge is 2.41. The highest BCUT2D eigenvalue weighted by atomic mass is 32.2. The third kappa shape index (κ3) is 5.36. The number of aliphatic carboxylic acids is 1. The van der Waals surface area contributed by atoms with Crippen molar-refractivity contribution in [2.45, 2.75) is 31.6 Å². The van der Waals surface area contributed by atoms with Gasteiger partial charge in [-0.2, -0.15) is 4.31 Å². The Balaban J connectivity index is 1.50. The molecule has 9 heteroatoms. The lowest BCUT2D eigenvalue weighted by Crippen LogP contribution is -2.48. The molecule has 4 unspecified atom stereocenters. The zero-order chi connectivity index (χ0) is 25.2. The van der Waals surface area contributed by atoms with Gasteiger partial charge in [0.05, 0.1) is 17.5 Å². The summed E-state index contributed by atoms with van der Waals surface area (Å²) in [4.78, 5) is 27.2. The number of nitrogens with zero attached hydrogens (tertiary/aromatic N) is 2. The number of benzene rings is 2. The molecular weight excluding hydrogens is 466 g/mol. The molecule has 1 amide bonds. The van der Waals surface area contributed by atoms with E-state index in [4.69, 9.17) is 0 Å². The molecule has 1 aliphatic heterocycles. The summed E-state index contributed by atoms with van der Waals surface area (Å²) in [6.45, 7) is 5.83. The lowest BCUT2D eigenvalue weighted by Gasteiger charge is -2.36. The number of piperazine rings is 1. The van der Waals surface area contributed by atoms with Gasteiger partial charge in [-0.05, 0) is 48.9 Å². The average Bonchev–Trinajstić information content (AvgIpc) is 2.86. The fraction of sp³-hybridized carbons (Fsp3) is 0.462. The van der Waals surface area contributed by atoms with Crippen LogP contribution in [0.25, 0.3) is 0 Å². The van der Waals surface area contributed by atoms with Crippen LogP contribution >= 0.6 is 0 Å². The summed E-state index contributed by atoms with van der Waals surface area (Å²) >= 11 is 0. The molecule has 8 nitrogen and oxygen atoms in total. The van der Waals surface area contributed by atoms with Crippen LogP contribution in [0.15, 0.2) is 59.5 Å². The predicted molar refractivity (Wildman–Crippen MR) is 135 cm³/mol. The van der Waals surface area contributed by atoms with Crippen molar-refractivity contribution in [1.29, 1.82) is 0 Å². The second kappa shape index (κ2) is 10.4. The molecular formula is C26H33N3O5S. The number of hydrogen-bond donors (Lipinski definition) is 2. The van der Waals surface area contributed by atoms with E-state index in [1.807, 2.05) is 44.2 Å². The zero-order valence-electron chi connectivity index (χ0n) is 20.1. The molecule has 2 N–H and O–H groups in total. The van der Waals surface area contributed by atoms with E-state index >= 15 is 0 Å². The average molecular weight is 500 g/mol. The molecule has 2 aromatic carbocycles. The van der Waals surface area contributed by atoms with Crippen molar-refractivity contribution in [1.82, 2.24) is 4.31 Å². The van der Waals surface area contributed by atoms with Gasteiger partial charge in [0.1, 0.15) is 4.90 Å². The Morgan fingerprint density at radius 1 is 0.857 bits per heavy atom. The first-order chi connectivity index (χ1) is 16.7. The van der Waals surface area contributed by atoms with E-state index in [2.05, 4.69) is 10.2 Å². The SMILES string of the molecule is CC1CC(C(=O)O)C(C(=O)Nc2ccccc2S(=O)(=O)N2CCN(c3ccccc3)CC2)CC1C. The van der Waals surface area contributed by atoms with E-state index in [0.717, 1.165) is 5.69 Å². The van der Waals surface area contributed by atoms with Gasteiger partial charge in [-0.1, -0.05) is 44.2 Å². The summed E-state index contributed by atoms with van der Waals surface area (Å²) in [6.07, 6.45) is 0.889. The Bertz CT molecular complexity index is 1160. The minimum atomic E-state index is -3.85. The van der Waals surface area contributed by atoms with Crippen LogP contribution in [-0.2, 0) is 19.6 Å². The monoisotopic (exact) mass is 499 g/mol. The maximum atomic E-state index is 13.5. The molecule has 4 rings (SSSR count). The Morgan fingerprint density at radius 2 is 1.43 bits per heavy atom. The normalized spacial score (nSPS) is 25.7. The van der Waals surface area contributed by atoms with Crippen LogP contribution in [0.3, 0.4) is 0 Å². The zero-order valence-corrected chi connectivity index (χ0v) is 20.9. The molecule has 35 heavy (non-hydrogen) atoms. The number of rotatable bonds is 6. The highest BCUT2D eigenvalue weighted by molar-refractivity contribution is 7.89. The van der Waals surface area contributed by atoms with E-state index < -0.39 is 33.7 Å². The van der Waals surface area contributed by atoms with Crippen LogP contribution in [0.1, 0.15) is 26.7 Å². The number of nitrogens with one attached hydrogen (secondary N) is 1. The quantitative estimate of drug-likeness (QED) is 0.630. The fourth-order valence-corrected chi connectivity index (χ4v) is 6.71. The van der Waals surface area contributed by atoms with Crippen LogP contribution in [0.4, 0.5) is 11.4 Å². The molecule has 0 aromatic heterocycles. The van der Waals surface area contributed by atoms with Gasteiger partial charge >= 0.3 is 5.97 Å². The summed E-state index contributed by atoms with van der Waals surface area (Å²) in [5.41, 5.74) is 1.25. The first-order valence-electron chi connectivity index (χ1n) is 12.1. The molecule has 2 aliphatic rings. The first-order valence-corrected chi connectivity index (χ1v) is 13.6. The molecule has 4 atom stereocenters. The van der Waals surface area contributed by atoms with Crippen molar-refractivity contribution in [2.75, 3.05) is 36.4 Å². The Labute approximate surface area is 207 Å². The molecule has 0 spiro atoms. The van der Waals surface area contributed by atoms with Gasteiger partial charge < -0.3 is 15.3 Å². The number of para-hydroxylation sites is 2. The van der Waals surface area contributed by atoms with Crippen LogP contribution < -0.4 is 10.2 Å². The third-order valence-electron chi connectivity index (χ3n) is 7.49. The number of hydrogen-bond acceptors (Lipinski definition) is 5. The van der Waals surface area contributed by atoms with Gasteiger partial charge in [0, 0.05) is 31.9 Å². The smallest absolute Gasteiger partial charge is 0.307 e. The maximum Gasteiger partial charge on any atom is 0.307 e. The van der Waals surface area contributed by atoms with Crippen molar-refractivity contribution < 1.29 is 23.1 Å². The second-order valence-corrected chi connectivity index (χ2v) is 11.6. The molecule has 188 valence electrons.